The van der Waals surface area contributed by atoms with Gasteiger partial charge in [-0.1, -0.05) is 48.2 Å². The molecule has 2 aromatic carbocycles. The summed E-state index contributed by atoms with van der Waals surface area (Å²) in [5.74, 6) is 0.747. The zero-order valence-electron chi connectivity index (χ0n) is 14.2. The number of nitrogens with one attached hydrogen (secondary N) is 1. The van der Waals surface area contributed by atoms with Gasteiger partial charge in [0.1, 0.15) is 6.33 Å². The van der Waals surface area contributed by atoms with E-state index >= 15 is 0 Å². The number of aromatic nitrogens is 4. The number of hydrogen-bond acceptors (Lipinski definition) is 6. The average molecular weight is 380 g/mol. The van der Waals surface area contributed by atoms with E-state index in [0.717, 1.165) is 33.1 Å². The molecule has 2 heterocycles. The Bertz CT molecular complexity index is 994. The van der Waals surface area contributed by atoms with Gasteiger partial charge in [-0.05, 0) is 30.7 Å². The molecular formula is C19H17N5S2. The molecule has 0 unspecified atom stereocenters. The number of thiazole rings is 1. The summed E-state index contributed by atoms with van der Waals surface area (Å²) < 4.78 is 1.99. The molecule has 0 aliphatic carbocycles. The molecule has 4 rings (SSSR count). The predicted octanol–water partition coefficient (Wildman–Crippen LogP) is 5.07. The van der Waals surface area contributed by atoms with E-state index in [1.807, 2.05) is 47.0 Å². The van der Waals surface area contributed by atoms with Crippen molar-refractivity contribution in [1.82, 2.24) is 19.7 Å². The molecule has 7 heteroatoms. The van der Waals surface area contributed by atoms with Gasteiger partial charge in [-0.2, -0.15) is 0 Å². The van der Waals surface area contributed by atoms with E-state index in [0.29, 0.717) is 0 Å². The molecule has 0 atom stereocenters. The molecule has 2 aromatic heterocycles. The highest BCUT2D eigenvalue weighted by Gasteiger charge is 2.09. The van der Waals surface area contributed by atoms with Crippen LogP contribution in [0.3, 0.4) is 0 Å². The van der Waals surface area contributed by atoms with E-state index in [1.54, 1.807) is 29.4 Å². The number of nitrogens with zero attached hydrogens (tertiary/aromatic N) is 4. The van der Waals surface area contributed by atoms with Crippen molar-refractivity contribution in [3.63, 3.8) is 0 Å². The van der Waals surface area contributed by atoms with Crippen LogP contribution in [-0.4, -0.2) is 19.7 Å². The highest BCUT2D eigenvalue weighted by molar-refractivity contribution is 7.98. The third kappa shape index (κ3) is 3.79. The van der Waals surface area contributed by atoms with Crippen molar-refractivity contribution in [2.45, 2.75) is 17.8 Å². The van der Waals surface area contributed by atoms with Crippen molar-refractivity contribution in [1.29, 1.82) is 0 Å². The molecule has 0 fully saturated rings. The van der Waals surface area contributed by atoms with Gasteiger partial charge in [0.15, 0.2) is 10.3 Å². The first-order valence-corrected chi connectivity index (χ1v) is 10.0. The van der Waals surface area contributed by atoms with Crippen LogP contribution in [0.1, 0.15) is 11.3 Å². The fourth-order valence-corrected chi connectivity index (χ4v) is 4.14. The van der Waals surface area contributed by atoms with Gasteiger partial charge in [0.2, 0.25) is 0 Å². The molecule has 26 heavy (non-hydrogen) atoms. The molecule has 0 aliphatic rings. The highest BCUT2D eigenvalue weighted by Crippen LogP contribution is 2.27. The Morgan fingerprint density at radius 3 is 2.73 bits per heavy atom. The number of benzene rings is 2. The van der Waals surface area contributed by atoms with E-state index in [1.165, 1.54) is 5.56 Å². The summed E-state index contributed by atoms with van der Waals surface area (Å²) in [6.45, 7) is 2.09. The van der Waals surface area contributed by atoms with E-state index in [4.69, 9.17) is 0 Å². The summed E-state index contributed by atoms with van der Waals surface area (Å²) in [5, 5.41) is 15.5. The van der Waals surface area contributed by atoms with Crippen LogP contribution in [0, 0.1) is 6.92 Å². The van der Waals surface area contributed by atoms with Crippen LogP contribution in [0.25, 0.3) is 5.69 Å². The maximum absolute atomic E-state index is 4.68. The second kappa shape index (κ2) is 7.72. The number of aryl methyl sites for hydroxylation is 1. The first-order valence-electron chi connectivity index (χ1n) is 8.15. The van der Waals surface area contributed by atoms with Crippen molar-refractivity contribution >= 4 is 33.9 Å². The second-order valence-electron chi connectivity index (χ2n) is 5.69. The number of thioether (sulfide) groups is 1. The Hall–Kier alpha value is -2.64. The normalized spacial score (nSPS) is 10.8. The van der Waals surface area contributed by atoms with Gasteiger partial charge in [0.05, 0.1) is 5.69 Å². The molecule has 0 spiro atoms. The van der Waals surface area contributed by atoms with Crippen LogP contribution in [0.2, 0.25) is 0 Å². The monoisotopic (exact) mass is 379 g/mol. The minimum absolute atomic E-state index is 0.747. The van der Waals surface area contributed by atoms with E-state index in [-0.39, 0.29) is 0 Å². The number of rotatable bonds is 6. The first-order chi connectivity index (χ1) is 12.8. The summed E-state index contributed by atoms with van der Waals surface area (Å²) in [7, 11) is 0. The second-order valence-corrected chi connectivity index (χ2v) is 7.49. The largest absolute Gasteiger partial charge is 0.331 e. The number of para-hydroxylation sites is 2. The molecule has 0 saturated heterocycles. The highest BCUT2D eigenvalue weighted by atomic mass is 32.2. The zero-order chi connectivity index (χ0) is 17.8. The van der Waals surface area contributed by atoms with Gasteiger partial charge in [-0.25, -0.2) is 4.98 Å². The molecule has 0 aliphatic heterocycles. The standard InChI is InChI=1S/C19H17N5S2/c1-14-7-5-6-10-17(14)22-18-21-15(11-25-18)12-26-19-23-20-13-24(19)16-8-3-2-4-9-16/h2-11,13H,12H2,1H3,(H,21,22). The van der Waals surface area contributed by atoms with Crippen LogP contribution in [-0.2, 0) is 5.75 Å². The first kappa shape index (κ1) is 16.8. The summed E-state index contributed by atoms with van der Waals surface area (Å²) >= 11 is 3.24. The quantitative estimate of drug-likeness (QED) is 0.474. The van der Waals surface area contributed by atoms with Crippen LogP contribution < -0.4 is 5.32 Å². The SMILES string of the molecule is Cc1ccccc1Nc1nc(CSc2nncn2-c2ccccc2)cs1. The molecule has 1 N–H and O–H groups in total. The lowest BCUT2D eigenvalue weighted by Crippen LogP contribution is -1.95. The maximum atomic E-state index is 4.68. The van der Waals surface area contributed by atoms with Crippen LogP contribution in [0.15, 0.2) is 71.5 Å². The van der Waals surface area contributed by atoms with Crippen molar-refractivity contribution in [2.75, 3.05) is 5.32 Å². The molecule has 5 nitrogen and oxygen atoms in total. The van der Waals surface area contributed by atoms with Crippen molar-refractivity contribution < 1.29 is 0 Å². The predicted molar refractivity (Wildman–Crippen MR) is 107 cm³/mol. The fraction of sp³-hybridized carbons (Fsp3) is 0.105. The van der Waals surface area contributed by atoms with Crippen LogP contribution >= 0.6 is 23.1 Å². The topological polar surface area (TPSA) is 55.6 Å². The summed E-state index contributed by atoms with van der Waals surface area (Å²) in [6, 6.07) is 18.3. The lowest BCUT2D eigenvalue weighted by Gasteiger charge is -2.06. The van der Waals surface area contributed by atoms with Gasteiger partial charge in [0, 0.05) is 22.5 Å². The Labute approximate surface area is 160 Å². The number of anilines is 2. The third-order valence-electron chi connectivity index (χ3n) is 3.84. The zero-order valence-corrected chi connectivity index (χ0v) is 15.8. The molecule has 0 radical (unpaired) electrons. The molecule has 4 aromatic rings. The fourth-order valence-electron chi connectivity index (χ4n) is 2.49. The average Bonchev–Trinajstić information content (AvgIpc) is 3.32. The number of hydrogen-bond donors (Lipinski definition) is 1. The Morgan fingerprint density at radius 1 is 1.08 bits per heavy atom. The van der Waals surface area contributed by atoms with Crippen LogP contribution in [0.5, 0.6) is 0 Å². The molecule has 130 valence electrons. The molecular weight excluding hydrogens is 362 g/mol. The minimum atomic E-state index is 0.747. The molecule has 0 saturated carbocycles. The van der Waals surface area contributed by atoms with E-state index in [2.05, 4.69) is 44.9 Å². The minimum Gasteiger partial charge on any atom is -0.331 e. The summed E-state index contributed by atoms with van der Waals surface area (Å²) in [6.07, 6.45) is 1.74. The van der Waals surface area contributed by atoms with Crippen molar-refractivity contribution in [3.8, 4) is 5.69 Å². The Balaban J connectivity index is 1.43. The molecule has 0 bridgehead atoms. The van der Waals surface area contributed by atoms with Gasteiger partial charge >= 0.3 is 0 Å². The Morgan fingerprint density at radius 2 is 1.88 bits per heavy atom. The van der Waals surface area contributed by atoms with Gasteiger partial charge < -0.3 is 5.32 Å². The Kier molecular flexibility index (Phi) is 4.99. The smallest absolute Gasteiger partial charge is 0.195 e. The van der Waals surface area contributed by atoms with E-state index in [9.17, 15) is 0 Å². The van der Waals surface area contributed by atoms with Gasteiger partial charge in [0.25, 0.3) is 0 Å². The van der Waals surface area contributed by atoms with Gasteiger partial charge in [-0.3, -0.25) is 4.57 Å². The van der Waals surface area contributed by atoms with E-state index < -0.39 is 0 Å². The summed E-state index contributed by atoms with van der Waals surface area (Å²) in [5.41, 5.74) is 4.37. The van der Waals surface area contributed by atoms with Crippen molar-refractivity contribution in [2.24, 2.45) is 0 Å². The maximum Gasteiger partial charge on any atom is 0.195 e. The lowest BCUT2D eigenvalue weighted by molar-refractivity contribution is 0.883. The lowest BCUT2D eigenvalue weighted by atomic mass is 10.2. The molecule has 0 amide bonds. The summed E-state index contributed by atoms with van der Waals surface area (Å²) in [4.78, 5) is 4.68. The van der Waals surface area contributed by atoms with Crippen molar-refractivity contribution in [3.05, 3.63) is 77.6 Å². The van der Waals surface area contributed by atoms with Gasteiger partial charge in [-0.15, -0.1) is 21.5 Å². The van der Waals surface area contributed by atoms with Crippen LogP contribution in [0.4, 0.5) is 10.8 Å². The third-order valence-corrected chi connectivity index (χ3v) is 5.62.